The monoisotopic (exact) mass is 391 g/mol. The molecule has 0 bridgehead atoms. The molecule has 1 saturated heterocycles. The number of nitrogens with zero attached hydrogens (tertiary/aromatic N) is 1. The molecule has 2 aliphatic rings. The number of hydrogen-bond donors (Lipinski definition) is 1. The zero-order valence-corrected chi connectivity index (χ0v) is 16.2. The first-order chi connectivity index (χ1) is 12.9. The molecule has 1 fully saturated rings. The zero-order valence-electron chi connectivity index (χ0n) is 15.4. The predicted molar refractivity (Wildman–Crippen MR) is 103 cm³/mol. The van der Waals surface area contributed by atoms with Crippen molar-refractivity contribution in [1.29, 1.82) is 0 Å². The molecule has 3 rings (SSSR count). The van der Waals surface area contributed by atoms with Gasteiger partial charge in [-0.1, -0.05) is 48.1 Å². The summed E-state index contributed by atoms with van der Waals surface area (Å²) in [5.74, 6) is 0. The molecule has 1 aliphatic carbocycles. The number of rotatable bonds is 6. The highest BCUT2D eigenvalue weighted by molar-refractivity contribution is 7.87. The van der Waals surface area contributed by atoms with Gasteiger partial charge in [-0.3, -0.25) is 9.45 Å². The maximum atomic E-state index is 12.8. The van der Waals surface area contributed by atoms with Crippen LogP contribution in [-0.2, 0) is 26.1 Å². The van der Waals surface area contributed by atoms with E-state index in [1.807, 2.05) is 42.2 Å². The summed E-state index contributed by atoms with van der Waals surface area (Å²) >= 11 is 0. The summed E-state index contributed by atoms with van der Waals surface area (Å²) in [6, 6.07) is 8.63. The highest BCUT2D eigenvalue weighted by Gasteiger charge is 2.53. The fraction of sp³-hybridized carbons (Fsp3) is 0.450. The molecule has 0 radical (unpaired) electrons. The molecule has 7 heteroatoms. The maximum absolute atomic E-state index is 12.8. The minimum atomic E-state index is -4.48. The van der Waals surface area contributed by atoms with Gasteiger partial charge in [0.2, 0.25) is 0 Å². The van der Waals surface area contributed by atoms with Crippen molar-refractivity contribution in [3.63, 3.8) is 0 Å². The second-order valence-electron chi connectivity index (χ2n) is 7.06. The molecule has 1 heterocycles. The van der Waals surface area contributed by atoms with Crippen LogP contribution in [0.2, 0.25) is 0 Å². The van der Waals surface area contributed by atoms with Crippen molar-refractivity contribution in [3.8, 4) is 0 Å². The maximum Gasteiger partial charge on any atom is 0.276 e. The molecular weight excluding hydrogens is 366 g/mol. The quantitative estimate of drug-likeness (QED) is 0.590. The number of benzene rings is 1. The third-order valence-corrected chi connectivity index (χ3v) is 6.90. The number of carbonyl (C=O) groups is 1. The van der Waals surface area contributed by atoms with Gasteiger partial charge in [0.1, 0.15) is 11.0 Å². The molecular formula is C20H25NO5S. The van der Waals surface area contributed by atoms with Crippen LogP contribution in [0.15, 0.2) is 53.6 Å². The number of allylic oxidation sites excluding steroid dienone is 2. The Morgan fingerprint density at radius 2 is 1.93 bits per heavy atom. The lowest BCUT2D eigenvalue weighted by molar-refractivity contribution is -0.107. The standard InChI is InChI=1S/C20H25NO5S/c1-16-7-9-20(27(23,24)25,15-17-5-3-2-4-6-17)19(18(16)8-12-22)21-10-13-26-14-11-21/h2-7,9,12,19H,8,10-11,13-15H2,1H3,(H,23,24,25)/t19?,20-/m0/s1. The molecule has 2 atom stereocenters. The van der Waals surface area contributed by atoms with E-state index in [1.165, 1.54) is 0 Å². The van der Waals surface area contributed by atoms with Gasteiger partial charge in [0.05, 0.1) is 19.3 Å². The molecule has 1 aromatic rings. The number of aldehydes is 1. The number of ether oxygens (including phenoxy) is 1. The Bertz CT molecular complexity index is 840. The predicted octanol–water partition coefficient (Wildman–Crippen LogP) is 2.03. The van der Waals surface area contributed by atoms with Crippen LogP contribution >= 0.6 is 0 Å². The average Bonchev–Trinajstić information content (AvgIpc) is 2.65. The molecule has 1 N–H and O–H groups in total. The normalized spacial score (nSPS) is 27.0. The van der Waals surface area contributed by atoms with E-state index in [-0.39, 0.29) is 12.8 Å². The molecule has 146 valence electrons. The lowest BCUT2D eigenvalue weighted by Gasteiger charge is -2.47. The Hall–Kier alpha value is -1.80. The summed E-state index contributed by atoms with van der Waals surface area (Å²) in [6.07, 6.45) is 4.36. The van der Waals surface area contributed by atoms with E-state index in [1.54, 1.807) is 12.2 Å². The molecule has 1 aliphatic heterocycles. The van der Waals surface area contributed by atoms with E-state index >= 15 is 0 Å². The van der Waals surface area contributed by atoms with E-state index in [4.69, 9.17) is 4.74 Å². The van der Waals surface area contributed by atoms with Crippen LogP contribution < -0.4 is 0 Å². The van der Waals surface area contributed by atoms with Crippen LogP contribution in [0.5, 0.6) is 0 Å². The largest absolute Gasteiger partial charge is 0.379 e. The van der Waals surface area contributed by atoms with Gasteiger partial charge >= 0.3 is 0 Å². The molecule has 0 saturated carbocycles. The van der Waals surface area contributed by atoms with E-state index in [0.717, 1.165) is 23.0 Å². The van der Waals surface area contributed by atoms with Gasteiger partial charge in [0, 0.05) is 19.5 Å². The Morgan fingerprint density at radius 3 is 2.52 bits per heavy atom. The summed E-state index contributed by atoms with van der Waals surface area (Å²) < 4.78 is 39.8. The van der Waals surface area contributed by atoms with E-state index < -0.39 is 20.9 Å². The Morgan fingerprint density at radius 1 is 1.26 bits per heavy atom. The van der Waals surface area contributed by atoms with Crippen LogP contribution in [-0.4, -0.2) is 61.2 Å². The Labute approximate surface area is 160 Å². The average molecular weight is 391 g/mol. The van der Waals surface area contributed by atoms with Gasteiger partial charge in [-0.15, -0.1) is 0 Å². The minimum Gasteiger partial charge on any atom is -0.379 e. The second-order valence-corrected chi connectivity index (χ2v) is 8.77. The van der Waals surface area contributed by atoms with Gasteiger partial charge in [0.25, 0.3) is 10.1 Å². The molecule has 27 heavy (non-hydrogen) atoms. The van der Waals surface area contributed by atoms with Crippen molar-refractivity contribution in [2.24, 2.45) is 0 Å². The Balaban J connectivity index is 2.16. The lowest BCUT2D eigenvalue weighted by atomic mass is 9.78. The van der Waals surface area contributed by atoms with Crippen molar-refractivity contribution >= 4 is 16.4 Å². The van der Waals surface area contributed by atoms with E-state index in [0.29, 0.717) is 26.3 Å². The third kappa shape index (κ3) is 3.91. The van der Waals surface area contributed by atoms with Crippen LogP contribution in [0.3, 0.4) is 0 Å². The SMILES string of the molecule is CC1=C(CC=O)C(N2CCOCC2)[C@](Cc2ccccc2)(S(=O)(=O)O)C=C1. The summed E-state index contributed by atoms with van der Waals surface area (Å²) in [5.41, 5.74) is 2.41. The first-order valence-corrected chi connectivity index (χ1v) is 10.5. The van der Waals surface area contributed by atoms with E-state index in [2.05, 4.69) is 0 Å². The summed E-state index contributed by atoms with van der Waals surface area (Å²) in [6.45, 7) is 3.93. The van der Waals surface area contributed by atoms with E-state index in [9.17, 15) is 17.8 Å². The third-order valence-electron chi connectivity index (χ3n) is 5.43. The molecule has 1 aromatic carbocycles. The van der Waals surface area contributed by atoms with Crippen LogP contribution in [0.4, 0.5) is 0 Å². The van der Waals surface area contributed by atoms with Crippen molar-refractivity contribution in [1.82, 2.24) is 4.90 Å². The van der Waals surface area contributed by atoms with Gasteiger partial charge < -0.3 is 9.53 Å². The lowest BCUT2D eigenvalue weighted by Crippen LogP contribution is -2.61. The molecule has 0 spiro atoms. The second kappa shape index (κ2) is 8.06. The first-order valence-electron chi connectivity index (χ1n) is 9.04. The number of morpholine rings is 1. The minimum absolute atomic E-state index is 0.126. The zero-order chi connectivity index (χ0) is 19.5. The summed E-state index contributed by atoms with van der Waals surface area (Å²) in [4.78, 5) is 13.4. The van der Waals surface area contributed by atoms with Crippen LogP contribution in [0.25, 0.3) is 0 Å². The fourth-order valence-electron chi connectivity index (χ4n) is 4.09. The Kier molecular flexibility index (Phi) is 5.95. The fourth-order valence-corrected chi connectivity index (χ4v) is 5.25. The number of hydrogen-bond acceptors (Lipinski definition) is 5. The van der Waals surface area contributed by atoms with Crippen molar-refractivity contribution in [3.05, 3.63) is 59.2 Å². The van der Waals surface area contributed by atoms with Gasteiger partial charge in [-0.25, -0.2) is 0 Å². The summed E-state index contributed by atoms with van der Waals surface area (Å²) in [5, 5.41) is 0. The topological polar surface area (TPSA) is 83.9 Å². The molecule has 0 aromatic heterocycles. The molecule has 1 unspecified atom stereocenters. The van der Waals surface area contributed by atoms with Gasteiger partial charge in [-0.2, -0.15) is 8.42 Å². The highest BCUT2D eigenvalue weighted by Crippen LogP contribution is 2.40. The van der Waals surface area contributed by atoms with Crippen LogP contribution in [0.1, 0.15) is 18.9 Å². The van der Waals surface area contributed by atoms with Gasteiger partial charge in [-0.05, 0) is 24.5 Å². The van der Waals surface area contributed by atoms with Crippen molar-refractivity contribution in [2.75, 3.05) is 26.3 Å². The number of carbonyl (C=O) groups excluding carboxylic acids is 1. The smallest absolute Gasteiger partial charge is 0.276 e. The summed E-state index contributed by atoms with van der Waals surface area (Å²) in [7, 11) is -4.48. The van der Waals surface area contributed by atoms with Gasteiger partial charge in [0.15, 0.2) is 0 Å². The van der Waals surface area contributed by atoms with Crippen LogP contribution in [0, 0.1) is 0 Å². The first kappa shape index (κ1) is 19.9. The molecule has 0 amide bonds. The highest BCUT2D eigenvalue weighted by atomic mass is 32.2. The molecule has 6 nitrogen and oxygen atoms in total. The van der Waals surface area contributed by atoms with Crippen molar-refractivity contribution < 1.29 is 22.5 Å². The van der Waals surface area contributed by atoms with Crippen molar-refractivity contribution in [2.45, 2.75) is 30.6 Å².